The van der Waals surface area contributed by atoms with E-state index in [2.05, 4.69) is 36.7 Å². The Labute approximate surface area is 231 Å². The summed E-state index contributed by atoms with van der Waals surface area (Å²) in [7, 11) is 0. The third-order valence-electron chi connectivity index (χ3n) is 8.18. The summed E-state index contributed by atoms with van der Waals surface area (Å²) in [5, 5.41) is 6.67. The highest BCUT2D eigenvalue weighted by molar-refractivity contribution is 6.30. The lowest BCUT2D eigenvalue weighted by atomic mass is 9.90. The summed E-state index contributed by atoms with van der Waals surface area (Å²) in [6, 6.07) is 15.0. The predicted octanol–water partition coefficient (Wildman–Crippen LogP) is 5.01. The van der Waals surface area contributed by atoms with Gasteiger partial charge in [0.2, 0.25) is 0 Å². The molecule has 3 aromatic heterocycles. The molecule has 1 saturated carbocycles. The molecule has 0 bridgehead atoms. The van der Waals surface area contributed by atoms with Gasteiger partial charge in [-0.05, 0) is 55.5 Å². The number of fused-ring (bicyclic) bond motifs is 2. The number of rotatable bonds is 5. The van der Waals surface area contributed by atoms with Gasteiger partial charge in [-0.25, -0.2) is 19.6 Å². The fourth-order valence-corrected chi connectivity index (χ4v) is 6.28. The molecule has 39 heavy (non-hydrogen) atoms. The SMILES string of the molecule is Nc1ncnc2c1c(-c1ccc3nc(Cc4ccc(Cl)cc4)[nH]c3c1)nn2C1CCC(N2CCOCC2)CC1. The number of imidazole rings is 1. The van der Waals surface area contributed by atoms with E-state index in [1.807, 2.05) is 30.3 Å². The number of ether oxygens (including phenoxy) is 1. The van der Waals surface area contributed by atoms with Crippen LogP contribution in [0.1, 0.15) is 43.1 Å². The highest BCUT2D eigenvalue weighted by Gasteiger charge is 2.30. The molecule has 1 aliphatic heterocycles. The van der Waals surface area contributed by atoms with Crippen LogP contribution in [0.15, 0.2) is 48.8 Å². The lowest BCUT2D eigenvalue weighted by molar-refractivity contribution is 0.00520. The van der Waals surface area contributed by atoms with Crippen molar-refractivity contribution in [2.75, 3.05) is 32.0 Å². The zero-order valence-corrected chi connectivity index (χ0v) is 22.4. The number of nitrogens with zero attached hydrogens (tertiary/aromatic N) is 6. The second kappa shape index (κ2) is 10.2. The van der Waals surface area contributed by atoms with Crippen molar-refractivity contribution in [2.45, 2.75) is 44.2 Å². The molecular formula is C29H31ClN8O. The standard InChI is InChI=1S/C29H31ClN8O/c30-20-4-1-18(2-5-20)15-25-34-23-10-3-19(16-24(23)35-25)27-26-28(31)32-17-33-29(26)38(36-27)22-8-6-21(7-9-22)37-11-13-39-14-12-37/h1-5,10,16-17,21-22H,6-9,11-15H2,(H,34,35)(H2,31,32,33). The Morgan fingerprint density at radius 3 is 2.54 bits per heavy atom. The maximum absolute atomic E-state index is 6.42. The van der Waals surface area contributed by atoms with Gasteiger partial charge in [0.05, 0.1) is 35.7 Å². The molecule has 0 atom stereocenters. The topological polar surface area (TPSA) is 111 Å². The van der Waals surface area contributed by atoms with E-state index in [9.17, 15) is 0 Å². The van der Waals surface area contributed by atoms with E-state index < -0.39 is 0 Å². The van der Waals surface area contributed by atoms with Gasteiger partial charge in [0.25, 0.3) is 0 Å². The first-order valence-electron chi connectivity index (χ1n) is 13.7. The Morgan fingerprint density at radius 1 is 0.974 bits per heavy atom. The molecule has 9 nitrogen and oxygen atoms in total. The number of aromatic amines is 1. The average molecular weight is 543 g/mol. The van der Waals surface area contributed by atoms with Gasteiger partial charge in [-0.3, -0.25) is 4.90 Å². The quantitative estimate of drug-likeness (QED) is 0.321. The fourth-order valence-electron chi connectivity index (χ4n) is 6.15. The van der Waals surface area contributed by atoms with Crippen molar-refractivity contribution in [3.8, 4) is 11.3 Å². The number of hydrogen-bond donors (Lipinski definition) is 2. The van der Waals surface area contributed by atoms with Gasteiger partial charge in [0.1, 0.15) is 23.7 Å². The fraction of sp³-hybridized carbons (Fsp3) is 0.379. The molecule has 0 spiro atoms. The van der Waals surface area contributed by atoms with Crippen molar-refractivity contribution in [3.63, 3.8) is 0 Å². The van der Waals surface area contributed by atoms with Crippen molar-refractivity contribution in [3.05, 3.63) is 65.2 Å². The first-order chi connectivity index (χ1) is 19.1. The molecule has 5 aromatic rings. The molecule has 1 saturated heterocycles. The second-order valence-corrected chi connectivity index (χ2v) is 11.0. The number of nitrogens with one attached hydrogen (secondary N) is 1. The third kappa shape index (κ3) is 4.75. The van der Waals surface area contributed by atoms with Gasteiger partial charge in [-0.1, -0.05) is 29.8 Å². The molecule has 200 valence electrons. The zero-order valence-electron chi connectivity index (χ0n) is 21.7. The first kappa shape index (κ1) is 24.5. The van der Waals surface area contributed by atoms with Crippen molar-refractivity contribution < 1.29 is 4.74 Å². The second-order valence-electron chi connectivity index (χ2n) is 10.6. The lowest BCUT2D eigenvalue weighted by Gasteiger charge is -2.38. The normalized spacial score (nSPS) is 20.6. The monoisotopic (exact) mass is 542 g/mol. The molecule has 2 aliphatic rings. The number of H-pyrrole nitrogens is 1. The molecular weight excluding hydrogens is 512 g/mol. The van der Waals surface area contributed by atoms with Crippen molar-refractivity contribution in [1.29, 1.82) is 0 Å². The van der Waals surface area contributed by atoms with Crippen molar-refractivity contribution in [1.82, 2.24) is 34.6 Å². The molecule has 2 aromatic carbocycles. The van der Waals surface area contributed by atoms with Crippen LogP contribution >= 0.6 is 11.6 Å². The Bertz CT molecular complexity index is 1610. The number of anilines is 1. The van der Waals surface area contributed by atoms with Crippen molar-refractivity contribution >= 4 is 39.5 Å². The van der Waals surface area contributed by atoms with Gasteiger partial charge >= 0.3 is 0 Å². The van der Waals surface area contributed by atoms with E-state index in [1.165, 1.54) is 0 Å². The summed E-state index contributed by atoms with van der Waals surface area (Å²) in [4.78, 5) is 19.8. The highest BCUT2D eigenvalue weighted by atomic mass is 35.5. The van der Waals surface area contributed by atoms with Crippen LogP contribution in [0.3, 0.4) is 0 Å². The number of benzene rings is 2. The van der Waals surface area contributed by atoms with Gasteiger partial charge in [-0.2, -0.15) is 5.10 Å². The maximum Gasteiger partial charge on any atom is 0.164 e. The summed E-state index contributed by atoms with van der Waals surface area (Å²) in [6.07, 6.45) is 6.68. The van der Waals surface area contributed by atoms with Gasteiger partial charge in [0, 0.05) is 36.1 Å². The largest absolute Gasteiger partial charge is 0.383 e. The molecule has 0 unspecified atom stereocenters. The molecule has 3 N–H and O–H groups in total. The van der Waals surface area contributed by atoms with Crippen molar-refractivity contribution in [2.24, 2.45) is 0 Å². The van der Waals surface area contributed by atoms with E-state index in [0.29, 0.717) is 18.3 Å². The van der Waals surface area contributed by atoms with Gasteiger partial charge < -0.3 is 15.5 Å². The molecule has 0 radical (unpaired) electrons. The van der Waals surface area contributed by atoms with Crippen LogP contribution in [-0.4, -0.2) is 67.0 Å². The number of morpholine rings is 1. The summed E-state index contributed by atoms with van der Waals surface area (Å²) >= 11 is 6.04. The minimum absolute atomic E-state index is 0.287. The summed E-state index contributed by atoms with van der Waals surface area (Å²) in [5.74, 6) is 1.36. The zero-order chi connectivity index (χ0) is 26.3. The summed E-state index contributed by atoms with van der Waals surface area (Å²) < 4.78 is 7.65. The lowest BCUT2D eigenvalue weighted by Crippen LogP contribution is -2.45. The molecule has 2 fully saturated rings. The number of aromatic nitrogens is 6. The van der Waals surface area contributed by atoms with E-state index >= 15 is 0 Å². The van der Waals surface area contributed by atoms with E-state index in [0.717, 1.165) is 102 Å². The van der Waals surface area contributed by atoms with Crippen LogP contribution in [0.5, 0.6) is 0 Å². The molecule has 4 heterocycles. The van der Waals surface area contributed by atoms with Crippen LogP contribution in [0, 0.1) is 0 Å². The minimum atomic E-state index is 0.287. The Kier molecular flexibility index (Phi) is 6.42. The maximum atomic E-state index is 6.42. The van der Waals surface area contributed by atoms with Crippen LogP contribution in [0.2, 0.25) is 5.02 Å². The predicted molar refractivity (Wildman–Crippen MR) is 153 cm³/mol. The van der Waals surface area contributed by atoms with Gasteiger partial charge in [0.15, 0.2) is 5.65 Å². The Morgan fingerprint density at radius 2 is 1.74 bits per heavy atom. The van der Waals surface area contributed by atoms with Gasteiger partial charge in [-0.15, -0.1) is 0 Å². The van der Waals surface area contributed by atoms with E-state index in [4.69, 9.17) is 32.2 Å². The van der Waals surface area contributed by atoms with Crippen LogP contribution in [0.4, 0.5) is 5.82 Å². The number of halogens is 1. The summed E-state index contributed by atoms with van der Waals surface area (Å²) in [6.45, 7) is 3.75. The average Bonchev–Trinajstić information content (AvgIpc) is 3.56. The molecule has 10 heteroatoms. The van der Waals surface area contributed by atoms with Crippen LogP contribution in [-0.2, 0) is 11.2 Å². The first-order valence-corrected chi connectivity index (χ1v) is 14.0. The highest BCUT2D eigenvalue weighted by Crippen LogP contribution is 2.37. The number of hydrogen-bond acceptors (Lipinski definition) is 7. The number of nitrogen functional groups attached to an aromatic ring is 1. The summed E-state index contributed by atoms with van der Waals surface area (Å²) in [5.41, 5.74) is 12.0. The molecule has 1 aliphatic carbocycles. The molecule has 0 amide bonds. The number of nitrogens with two attached hydrogens (primary N) is 1. The van der Waals surface area contributed by atoms with Crippen LogP contribution < -0.4 is 5.73 Å². The Hall–Kier alpha value is -3.53. The smallest absolute Gasteiger partial charge is 0.164 e. The third-order valence-corrected chi connectivity index (χ3v) is 8.43. The van der Waals surface area contributed by atoms with Crippen LogP contribution in [0.25, 0.3) is 33.3 Å². The molecule has 7 rings (SSSR count). The minimum Gasteiger partial charge on any atom is -0.383 e. The van der Waals surface area contributed by atoms with E-state index in [-0.39, 0.29) is 6.04 Å². The Balaban J connectivity index is 1.18. The van der Waals surface area contributed by atoms with E-state index in [1.54, 1.807) is 6.33 Å².